The quantitative estimate of drug-likeness (QED) is 0.270. The van der Waals surface area contributed by atoms with E-state index in [0.717, 1.165) is 22.9 Å². The highest BCUT2D eigenvalue weighted by atomic mass is 79.9. The SMILES string of the molecule is CC(C)(C)[Si](C)(C)O[C@@H]1C[C@@H]2Cc3cccc(Br)c3C(=O)O[C@@H](C/C=C/[Si](C)(C)C)C[C@@H](C1)O2. The normalized spacial score (nSPS) is 26.8. The molecule has 0 aromatic heterocycles. The fourth-order valence-electron chi connectivity index (χ4n) is 4.52. The highest BCUT2D eigenvalue weighted by Gasteiger charge is 2.42. The first-order valence-corrected chi connectivity index (χ1v) is 19.9. The van der Waals surface area contributed by atoms with Crippen LogP contribution in [0.5, 0.6) is 0 Å². The zero-order valence-corrected chi connectivity index (χ0v) is 25.8. The molecular formula is C27H43BrO4Si2. The average Bonchev–Trinajstić information content (AvgIpc) is 2.64. The summed E-state index contributed by atoms with van der Waals surface area (Å²) in [6.45, 7) is 18.5. The maximum atomic E-state index is 13.3. The minimum atomic E-state index is -1.90. The molecule has 0 unspecified atom stereocenters. The maximum absolute atomic E-state index is 13.3. The van der Waals surface area contributed by atoms with Crippen molar-refractivity contribution in [3.63, 3.8) is 0 Å². The van der Waals surface area contributed by atoms with Gasteiger partial charge in [-0.1, -0.05) is 64.3 Å². The molecule has 0 spiro atoms. The summed E-state index contributed by atoms with van der Waals surface area (Å²) in [4.78, 5) is 13.3. The molecule has 2 aliphatic heterocycles. The average molecular weight is 568 g/mol. The Morgan fingerprint density at radius 2 is 1.76 bits per heavy atom. The molecule has 4 nitrogen and oxygen atoms in total. The van der Waals surface area contributed by atoms with Crippen LogP contribution >= 0.6 is 15.9 Å². The van der Waals surface area contributed by atoms with Gasteiger partial charge in [0.2, 0.25) is 0 Å². The first kappa shape index (κ1) is 27.8. The Bertz CT molecular complexity index is 901. The van der Waals surface area contributed by atoms with Crippen LogP contribution in [0, 0.1) is 0 Å². The molecule has 0 radical (unpaired) electrons. The second-order valence-electron chi connectivity index (χ2n) is 12.6. The Kier molecular flexibility index (Phi) is 8.77. The van der Waals surface area contributed by atoms with Crippen molar-refractivity contribution in [1.82, 2.24) is 0 Å². The van der Waals surface area contributed by atoms with Crippen LogP contribution < -0.4 is 0 Å². The van der Waals surface area contributed by atoms with E-state index in [4.69, 9.17) is 13.9 Å². The van der Waals surface area contributed by atoms with Crippen molar-refractivity contribution in [2.24, 2.45) is 0 Å². The van der Waals surface area contributed by atoms with Gasteiger partial charge in [0, 0.05) is 23.4 Å². The van der Waals surface area contributed by atoms with Gasteiger partial charge in [0.1, 0.15) is 6.10 Å². The van der Waals surface area contributed by atoms with E-state index in [0.29, 0.717) is 24.8 Å². The molecule has 1 aromatic rings. The third kappa shape index (κ3) is 7.39. The summed E-state index contributed by atoms with van der Waals surface area (Å²) in [6, 6.07) is 5.93. The number of cyclic esters (lactones) is 1. The number of hydrogen-bond acceptors (Lipinski definition) is 4. The Hall–Kier alpha value is -0.736. The summed E-state index contributed by atoms with van der Waals surface area (Å²) in [7, 11) is -3.22. The zero-order valence-electron chi connectivity index (χ0n) is 22.2. The van der Waals surface area contributed by atoms with E-state index in [9.17, 15) is 4.79 Å². The summed E-state index contributed by atoms with van der Waals surface area (Å²) >= 11 is 3.60. The molecule has 7 heteroatoms. The van der Waals surface area contributed by atoms with Crippen molar-refractivity contribution in [3.05, 3.63) is 45.6 Å². The van der Waals surface area contributed by atoms with Gasteiger partial charge in [0.05, 0.1) is 25.8 Å². The predicted octanol–water partition coefficient (Wildman–Crippen LogP) is 7.68. The fourth-order valence-corrected chi connectivity index (χ4v) is 7.31. The second-order valence-corrected chi connectivity index (χ2v) is 23.3. The molecule has 1 fully saturated rings. The molecule has 1 saturated heterocycles. The molecule has 2 aliphatic rings. The fraction of sp³-hybridized carbons (Fsp3) is 0.667. The van der Waals surface area contributed by atoms with Crippen molar-refractivity contribution in [2.75, 3.05) is 0 Å². The van der Waals surface area contributed by atoms with E-state index in [2.05, 4.69) is 81.2 Å². The first-order valence-electron chi connectivity index (χ1n) is 12.6. The monoisotopic (exact) mass is 566 g/mol. The number of carbonyl (C=O) groups is 1. The number of hydrogen-bond donors (Lipinski definition) is 0. The second kappa shape index (κ2) is 10.7. The van der Waals surface area contributed by atoms with Crippen molar-refractivity contribution in [2.45, 2.75) is 115 Å². The van der Waals surface area contributed by atoms with E-state index in [1.807, 2.05) is 18.2 Å². The summed E-state index contributed by atoms with van der Waals surface area (Å²) < 4.78 is 20.4. The van der Waals surface area contributed by atoms with Gasteiger partial charge in [0.15, 0.2) is 8.32 Å². The zero-order chi connectivity index (χ0) is 25.3. The molecule has 4 atom stereocenters. The number of carbonyl (C=O) groups excluding carboxylic acids is 1. The molecule has 0 saturated carbocycles. The van der Waals surface area contributed by atoms with Crippen LogP contribution in [0.2, 0.25) is 37.8 Å². The minimum Gasteiger partial charge on any atom is -0.458 e. The van der Waals surface area contributed by atoms with Crippen molar-refractivity contribution in [1.29, 1.82) is 0 Å². The lowest BCUT2D eigenvalue weighted by Crippen LogP contribution is -2.48. The van der Waals surface area contributed by atoms with E-state index >= 15 is 0 Å². The topological polar surface area (TPSA) is 44.8 Å². The van der Waals surface area contributed by atoms with Crippen LogP contribution in [0.4, 0.5) is 0 Å². The van der Waals surface area contributed by atoms with Gasteiger partial charge in [-0.2, -0.15) is 0 Å². The van der Waals surface area contributed by atoms with E-state index in [-0.39, 0.29) is 35.4 Å². The third-order valence-corrected chi connectivity index (χ3v) is 13.7. The van der Waals surface area contributed by atoms with Crippen LogP contribution in [0.15, 0.2) is 34.4 Å². The summed E-state index contributed by atoms with van der Waals surface area (Å²) in [5.41, 5.74) is 3.95. The van der Waals surface area contributed by atoms with Gasteiger partial charge < -0.3 is 13.9 Å². The minimum absolute atomic E-state index is 0.0281. The van der Waals surface area contributed by atoms with Crippen molar-refractivity contribution < 1.29 is 18.7 Å². The molecule has 1 aromatic carbocycles. The van der Waals surface area contributed by atoms with Gasteiger partial charge in [0.25, 0.3) is 0 Å². The molecular weight excluding hydrogens is 524 g/mol. The van der Waals surface area contributed by atoms with E-state index in [1.165, 1.54) is 0 Å². The number of benzene rings is 1. The lowest BCUT2D eigenvalue weighted by atomic mass is 9.91. The first-order chi connectivity index (χ1) is 15.6. The highest BCUT2D eigenvalue weighted by Crippen LogP contribution is 2.40. The van der Waals surface area contributed by atoms with Gasteiger partial charge in [-0.15, -0.1) is 0 Å². The Morgan fingerprint density at radius 1 is 1.09 bits per heavy atom. The van der Waals surface area contributed by atoms with Crippen molar-refractivity contribution in [3.8, 4) is 0 Å². The molecule has 190 valence electrons. The molecule has 0 amide bonds. The molecule has 2 heterocycles. The predicted molar refractivity (Wildman–Crippen MR) is 149 cm³/mol. The van der Waals surface area contributed by atoms with Crippen molar-refractivity contribution >= 4 is 38.3 Å². The van der Waals surface area contributed by atoms with Crippen LogP contribution in [0.3, 0.4) is 0 Å². The van der Waals surface area contributed by atoms with Crippen LogP contribution in [0.1, 0.15) is 62.4 Å². The van der Waals surface area contributed by atoms with Gasteiger partial charge >= 0.3 is 5.97 Å². The van der Waals surface area contributed by atoms with Crippen LogP contribution in [0.25, 0.3) is 0 Å². The van der Waals surface area contributed by atoms with Crippen LogP contribution in [-0.2, 0) is 20.3 Å². The number of rotatable bonds is 5. The Morgan fingerprint density at radius 3 is 2.41 bits per heavy atom. The van der Waals surface area contributed by atoms with E-state index < -0.39 is 16.4 Å². The Labute approximate surface area is 217 Å². The molecule has 0 N–H and O–H groups in total. The number of ether oxygens (including phenoxy) is 2. The van der Waals surface area contributed by atoms with Gasteiger partial charge in [-0.3, -0.25) is 0 Å². The standard InChI is InChI=1S/C27H43BrO4Si2/c1-27(2,3)34(7,8)32-23-17-21-15-19-11-9-13-24(28)25(19)26(29)31-20(16-22(18-23)30-21)12-10-14-33(4,5)6/h9-11,13-14,20-23H,12,15-18H2,1-8H3/b14-10+/t20-,21-,22-,23+/m0/s1. The molecule has 3 rings (SSSR count). The summed E-state index contributed by atoms with van der Waals surface area (Å²) in [5.74, 6) is -0.233. The number of esters is 1. The van der Waals surface area contributed by atoms with E-state index in [1.54, 1.807) is 0 Å². The summed E-state index contributed by atoms with van der Waals surface area (Å²) in [5, 5.41) is 0.166. The maximum Gasteiger partial charge on any atom is 0.339 e. The number of halogens is 1. The molecule has 34 heavy (non-hydrogen) atoms. The Balaban J connectivity index is 1.91. The lowest BCUT2D eigenvalue weighted by Gasteiger charge is -2.44. The molecule has 2 bridgehead atoms. The summed E-state index contributed by atoms with van der Waals surface area (Å²) in [6.07, 6.45) is 6.07. The van der Waals surface area contributed by atoms with Gasteiger partial charge in [-0.25, -0.2) is 4.79 Å². The van der Waals surface area contributed by atoms with Crippen LogP contribution in [-0.4, -0.2) is 46.8 Å². The lowest BCUT2D eigenvalue weighted by molar-refractivity contribution is -0.106. The highest BCUT2D eigenvalue weighted by molar-refractivity contribution is 9.10. The largest absolute Gasteiger partial charge is 0.458 e. The van der Waals surface area contributed by atoms with Gasteiger partial charge in [-0.05, 0) is 65.0 Å². The number of fused-ring (bicyclic) bond motifs is 3. The molecule has 0 aliphatic carbocycles. The third-order valence-electron chi connectivity index (χ3n) is 7.27. The smallest absolute Gasteiger partial charge is 0.339 e.